The van der Waals surface area contributed by atoms with Crippen LogP contribution in [-0.2, 0) is 6.42 Å². The summed E-state index contributed by atoms with van der Waals surface area (Å²) < 4.78 is 0. The second kappa shape index (κ2) is 12.6. The first kappa shape index (κ1) is 24.3. The number of hydrogen-bond donors (Lipinski definition) is 0. The van der Waals surface area contributed by atoms with Gasteiger partial charge < -0.3 is 0 Å². The van der Waals surface area contributed by atoms with Gasteiger partial charge in [-0.05, 0) is 65.0 Å². The van der Waals surface area contributed by atoms with Gasteiger partial charge in [0.25, 0.3) is 0 Å². The molecule has 0 aromatic heterocycles. The Morgan fingerprint density at radius 1 is 0.788 bits per heavy atom. The minimum absolute atomic E-state index is 0.874. The Bertz CT molecular complexity index is 1080. The van der Waals surface area contributed by atoms with Crippen molar-refractivity contribution in [1.82, 2.24) is 0 Å². The molecule has 2 unspecified atom stereocenters. The van der Waals surface area contributed by atoms with Crippen molar-refractivity contribution in [2.45, 2.75) is 33.6 Å². The third-order valence-corrected chi connectivity index (χ3v) is 5.89. The summed E-state index contributed by atoms with van der Waals surface area (Å²) in [5, 5.41) is 0. The summed E-state index contributed by atoms with van der Waals surface area (Å²) in [7, 11) is 0. The van der Waals surface area contributed by atoms with Crippen molar-refractivity contribution in [3.05, 3.63) is 144 Å². The van der Waals surface area contributed by atoms with E-state index in [0.717, 1.165) is 23.8 Å². The van der Waals surface area contributed by atoms with E-state index in [2.05, 4.69) is 105 Å². The van der Waals surface area contributed by atoms with Crippen molar-refractivity contribution < 1.29 is 0 Å². The third kappa shape index (κ3) is 7.61. The Kier molecular flexibility index (Phi) is 9.27. The van der Waals surface area contributed by atoms with Crippen LogP contribution in [0.3, 0.4) is 0 Å². The van der Waals surface area contributed by atoms with E-state index in [-0.39, 0.29) is 0 Å². The number of hydrogen-bond acceptors (Lipinski definition) is 0. The highest BCUT2D eigenvalue weighted by molar-refractivity contribution is 5.81. The first-order valence-corrected chi connectivity index (χ1v) is 12.1. The molecule has 168 valence electrons. The maximum atomic E-state index is 4.11. The molecule has 0 aliphatic heterocycles. The maximum absolute atomic E-state index is 4.11. The summed E-state index contributed by atoms with van der Waals surface area (Å²) in [6.45, 7) is 10.2. The number of fused-ring (bicyclic) bond motifs is 1. The van der Waals surface area contributed by atoms with E-state index in [0.29, 0.717) is 0 Å². The lowest BCUT2D eigenvalue weighted by molar-refractivity contribution is 0.948. The fourth-order valence-corrected chi connectivity index (χ4v) is 3.96. The molecular formula is C33H36. The van der Waals surface area contributed by atoms with Crippen LogP contribution in [0.15, 0.2) is 127 Å². The summed E-state index contributed by atoms with van der Waals surface area (Å²) in [6.07, 6.45) is 11.8. The minimum atomic E-state index is 0.874. The monoisotopic (exact) mass is 432 g/mol. The van der Waals surface area contributed by atoms with Crippen LogP contribution >= 0.6 is 0 Å². The summed E-state index contributed by atoms with van der Waals surface area (Å²) >= 11 is 0. The predicted octanol–water partition coefficient (Wildman–Crippen LogP) is 9.19. The van der Waals surface area contributed by atoms with Crippen LogP contribution in [0.25, 0.3) is 11.1 Å². The van der Waals surface area contributed by atoms with Crippen molar-refractivity contribution in [3.8, 4) is 0 Å². The lowest BCUT2D eigenvalue weighted by atomic mass is 10.00. The molecule has 5 rings (SSSR count). The van der Waals surface area contributed by atoms with Gasteiger partial charge in [0.2, 0.25) is 0 Å². The van der Waals surface area contributed by atoms with Gasteiger partial charge in [-0.25, -0.2) is 0 Å². The lowest BCUT2D eigenvalue weighted by Crippen LogP contribution is -1.92. The molecule has 2 aliphatic carbocycles. The van der Waals surface area contributed by atoms with E-state index in [1.807, 2.05) is 38.1 Å². The average Bonchev–Trinajstić information content (AvgIpc) is 3.66. The Morgan fingerprint density at radius 3 is 1.91 bits per heavy atom. The van der Waals surface area contributed by atoms with Crippen LogP contribution in [0.1, 0.15) is 43.9 Å². The highest BCUT2D eigenvalue weighted by atomic mass is 14.4. The molecule has 0 saturated heterocycles. The topological polar surface area (TPSA) is 0 Å². The summed E-state index contributed by atoms with van der Waals surface area (Å²) in [6, 6.07) is 31.3. The van der Waals surface area contributed by atoms with Gasteiger partial charge >= 0.3 is 0 Å². The molecule has 1 saturated carbocycles. The Balaban J connectivity index is 0.000000175. The van der Waals surface area contributed by atoms with Gasteiger partial charge in [0, 0.05) is 0 Å². The lowest BCUT2D eigenvalue weighted by Gasteiger charge is -2.06. The quantitative estimate of drug-likeness (QED) is 0.352. The zero-order chi connectivity index (χ0) is 23.5. The Labute approximate surface area is 200 Å². The minimum Gasteiger partial charge on any atom is -0.0911 e. The van der Waals surface area contributed by atoms with Crippen molar-refractivity contribution in [2.75, 3.05) is 0 Å². The molecule has 0 heteroatoms. The smallest absolute Gasteiger partial charge is 0.00289 e. The van der Waals surface area contributed by atoms with E-state index in [1.54, 1.807) is 0 Å². The van der Waals surface area contributed by atoms with Gasteiger partial charge in [-0.1, -0.05) is 136 Å². The average molecular weight is 433 g/mol. The van der Waals surface area contributed by atoms with Crippen molar-refractivity contribution in [2.24, 2.45) is 11.8 Å². The zero-order valence-electron chi connectivity index (χ0n) is 20.2. The highest BCUT2D eigenvalue weighted by Crippen LogP contribution is 2.44. The number of allylic oxidation sites excluding steroid dienone is 7. The molecule has 0 nitrogen and oxygen atoms in total. The molecule has 0 radical (unpaired) electrons. The predicted molar refractivity (Wildman–Crippen MR) is 146 cm³/mol. The fraction of sp³-hybridized carbons (Fsp3) is 0.212. The van der Waals surface area contributed by atoms with E-state index in [1.165, 1.54) is 34.3 Å². The fourth-order valence-electron chi connectivity index (χ4n) is 3.96. The first-order valence-electron chi connectivity index (χ1n) is 12.1. The van der Waals surface area contributed by atoms with E-state index >= 15 is 0 Å². The maximum Gasteiger partial charge on any atom is -0.00289 e. The van der Waals surface area contributed by atoms with Gasteiger partial charge in [-0.2, -0.15) is 0 Å². The zero-order valence-corrected chi connectivity index (χ0v) is 20.2. The second-order valence-electron chi connectivity index (χ2n) is 8.41. The van der Waals surface area contributed by atoms with Gasteiger partial charge in [-0.3, -0.25) is 0 Å². The molecule has 3 aromatic carbocycles. The first-order chi connectivity index (χ1) is 16.2. The molecular weight excluding hydrogens is 396 g/mol. The number of benzene rings is 3. The normalized spacial score (nSPS) is 17.9. The molecule has 0 heterocycles. The largest absolute Gasteiger partial charge is 0.0911 e. The van der Waals surface area contributed by atoms with Gasteiger partial charge in [-0.15, -0.1) is 0 Å². The summed E-state index contributed by atoms with van der Waals surface area (Å²) in [4.78, 5) is 0. The van der Waals surface area contributed by atoms with Crippen LogP contribution in [0.2, 0.25) is 0 Å². The summed E-state index contributed by atoms with van der Waals surface area (Å²) in [5.74, 6) is 1.76. The van der Waals surface area contributed by atoms with E-state index < -0.39 is 0 Å². The Morgan fingerprint density at radius 2 is 1.33 bits per heavy atom. The SMILES string of the molecule is C1=CC2CC2C=C1Cc1ccccc1.C=C(/C=C(\C)c1ccccc1)c1ccccc1.CC. The molecule has 2 aliphatic rings. The second-order valence-corrected chi connectivity index (χ2v) is 8.41. The van der Waals surface area contributed by atoms with Crippen LogP contribution < -0.4 is 0 Å². The molecule has 3 aromatic rings. The van der Waals surface area contributed by atoms with E-state index in [9.17, 15) is 0 Å². The van der Waals surface area contributed by atoms with Crippen LogP contribution in [0, 0.1) is 11.8 Å². The van der Waals surface area contributed by atoms with Gasteiger partial charge in [0.1, 0.15) is 0 Å². The van der Waals surface area contributed by atoms with Crippen molar-refractivity contribution in [1.29, 1.82) is 0 Å². The molecule has 2 atom stereocenters. The van der Waals surface area contributed by atoms with Crippen LogP contribution in [-0.4, -0.2) is 0 Å². The molecule has 33 heavy (non-hydrogen) atoms. The Hall–Kier alpha value is -3.38. The van der Waals surface area contributed by atoms with Gasteiger partial charge in [0.05, 0.1) is 0 Å². The molecule has 0 amide bonds. The summed E-state index contributed by atoms with van der Waals surface area (Å²) in [5.41, 5.74) is 7.61. The van der Waals surface area contributed by atoms with Crippen LogP contribution in [0.4, 0.5) is 0 Å². The van der Waals surface area contributed by atoms with E-state index in [4.69, 9.17) is 0 Å². The molecule has 1 fully saturated rings. The molecule has 0 spiro atoms. The third-order valence-electron chi connectivity index (χ3n) is 5.89. The number of rotatable bonds is 5. The van der Waals surface area contributed by atoms with Crippen molar-refractivity contribution in [3.63, 3.8) is 0 Å². The van der Waals surface area contributed by atoms with Crippen molar-refractivity contribution >= 4 is 11.1 Å². The highest BCUT2D eigenvalue weighted by Gasteiger charge is 2.34. The molecule has 0 N–H and O–H groups in total. The van der Waals surface area contributed by atoms with Crippen LogP contribution in [0.5, 0.6) is 0 Å². The standard InChI is InChI=1S/C17H16.C14H14.C2H6/c1-14(16-9-5-3-6-10-16)13-15(2)17-11-7-4-8-12-17;1-2-4-11(5-3-1)8-12-6-7-13-10-14(13)9-12;1-2/h3-13H,1H2,2H3;1-7,9,13-14H,8,10H2;1-2H3/b15-13+;;. The van der Waals surface area contributed by atoms with Gasteiger partial charge in [0.15, 0.2) is 0 Å². The molecule has 0 bridgehead atoms.